The van der Waals surface area contributed by atoms with Crippen LogP contribution in [-0.4, -0.2) is 18.3 Å². The maximum Gasteiger partial charge on any atom is 0.134 e. The van der Waals surface area contributed by atoms with Gasteiger partial charge in [0.05, 0.1) is 0 Å². The maximum absolute atomic E-state index is 10.4. The van der Waals surface area contributed by atoms with Crippen molar-refractivity contribution in [2.75, 3.05) is 13.2 Å². The first-order valence-electron chi connectivity index (χ1n) is 6.50. The second-order valence-corrected chi connectivity index (χ2v) is 5.08. The van der Waals surface area contributed by atoms with Crippen LogP contribution >= 0.6 is 0 Å². The van der Waals surface area contributed by atoms with E-state index in [9.17, 15) is 5.11 Å². The van der Waals surface area contributed by atoms with Crippen molar-refractivity contribution >= 4 is 11.0 Å². The van der Waals surface area contributed by atoms with Gasteiger partial charge in [-0.15, -0.1) is 0 Å². The van der Waals surface area contributed by atoms with Gasteiger partial charge >= 0.3 is 0 Å². The Balaban J connectivity index is 1.88. The fraction of sp³-hybridized carbons (Fsp3) is 0.467. The van der Waals surface area contributed by atoms with Gasteiger partial charge < -0.3 is 14.3 Å². The Morgan fingerprint density at radius 1 is 1.22 bits per heavy atom. The predicted molar refractivity (Wildman–Crippen MR) is 69.5 cm³/mol. The lowest BCUT2D eigenvalue weighted by Gasteiger charge is -2.25. The number of hydrogen-bond acceptors (Lipinski definition) is 3. The fourth-order valence-electron chi connectivity index (χ4n) is 2.59. The molecule has 0 saturated carbocycles. The van der Waals surface area contributed by atoms with Crippen LogP contribution in [0, 0.1) is 12.8 Å². The molecule has 3 rings (SSSR count). The normalized spacial score (nSPS) is 19.2. The molecular formula is C15H18O3. The van der Waals surface area contributed by atoms with Crippen LogP contribution in [0.2, 0.25) is 0 Å². The van der Waals surface area contributed by atoms with Crippen molar-refractivity contribution < 1.29 is 14.3 Å². The van der Waals surface area contributed by atoms with Crippen molar-refractivity contribution in [1.29, 1.82) is 0 Å². The van der Waals surface area contributed by atoms with E-state index in [2.05, 4.69) is 13.0 Å². The van der Waals surface area contributed by atoms with Crippen LogP contribution in [0.5, 0.6) is 0 Å². The van der Waals surface area contributed by atoms with Gasteiger partial charge in [-0.05, 0) is 43.9 Å². The molecule has 1 atom stereocenters. The number of aryl methyl sites for hydroxylation is 1. The molecule has 3 nitrogen and oxygen atoms in total. The maximum atomic E-state index is 10.4. The Morgan fingerprint density at radius 3 is 2.78 bits per heavy atom. The van der Waals surface area contributed by atoms with Gasteiger partial charge in [0, 0.05) is 18.6 Å². The van der Waals surface area contributed by atoms with Crippen LogP contribution in [0.15, 0.2) is 28.7 Å². The Morgan fingerprint density at radius 2 is 2.00 bits per heavy atom. The van der Waals surface area contributed by atoms with Crippen molar-refractivity contribution in [1.82, 2.24) is 0 Å². The van der Waals surface area contributed by atoms with Crippen molar-refractivity contribution in [3.63, 3.8) is 0 Å². The van der Waals surface area contributed by atoms with Gasteiger partial charge in [0.15, 0.2) is 0 Å². The molecule has 96 valence electrons. The van der Waals surface area contributed by atoms with Gasteiger partial charge in [0.25, 0.3) is 0 Å². The second kappa shape index (κ2) is 4.75. The monoisotopic (exact) mass is 246 g/mol. The third-order valence-corrected chi connectivity index (χ3v) is 3.69. The van der Waals surface area contributed by atoms with Crippen LogP contribution in [0.3, 0.4) is 0 Å². The molecule has 1 aliphatic rings. The number of rotatable bonds is 2. The smallest absolute Gasteiger partial charge is 0.134 e. The Labute approximate surface area is 106 Å². The molecule has 0 bridgehead atoms. The topological polar surface area (TPSA) is 42.6 Å². The molecule has 0 amide bonds. The first-order valence-corrected chi connectivity index (χ1v) is 6.50. The quantitative estimate of drug-likeness (QED) is 0.884. The average Bonchev–Trinajstić information content (AvgIpc) is 2.81. The van der Waals surface area contributed by atoms with E-state index in [1.165, 1.54) is 5.56 Å². The Bertz CT molecular complexity index is 538. The van der Waals surface area contributed by atoms with E-state index in [-0.39, 0.29) is 5.92 Å². The van der Waals surface area contributed by atoms with Gasteiger partial charge in [0.1, 0.15) is 17.4 Å². The molecule has 1 aromatic carbocycles. The van der Waals surface area contributed by atoms with E-state index >= 15 is 0 Å². The number of aliphatic hydroxyl groups excluding tert-OH is 1. The zero-order valence-electron chi connectivity index (χ0n) is 10.6. The largest absolute Gasteiger partial charge is 0.458 e. The molecule has 1 N–H and O–H groups in total. The SMILES string of the molecule is Cc1ccc2oc(C(O)C3CCOCC3)cc2c1. The molecule has 2 heterocycles. The van der Waals surface area contributed by atoms with E-state index in [0.717, 1.165) is 37.0 Å². The molecule has 2 aromatic rings. The lowest BCUT2D eigenvalue weighted by atomic mass is 9.92. The van der Waals surface area contributed by atoms with E-state index in [1.54, 1.807) is 0 Å². The van der Waals surface area contributed by atoms with E-state index in [4.69, 9.17) is 9.15 Å². The minimum Gasteiger partial charge on any atom is -0.458 e. The fourth-order valence-corrected chi connectivity index (χ4v) is 2.59. The third-order valence-electron chi connectivity index (χ3n) is 3.69. The molecule has 0 radical (unpaired) electrons. The van der Waals surface area contributed by atoms with Crippen LogP contribution in [0.1, 0.15) is 30.3 Å². The van der Waals surface area contributed by atoms with Crippen molar-refractivity contribution in [3.05, 3.63) is 35.6 Å². The summed E-state index contributed by atoms with van der Waals surface area (Å²) in [6, 6.07) is 8.03. The number of aliphatic hydroxyl groups is 1. The summed E-state index contributed by atoms with van der Waals surface area (Å²) >= 11 is 0. The first-order chi connectivity index (χ1) is 8.74. The van der Waals surface area contributed by atoms with Gasteiger partial charge in [0.2, 0.25) is 0 Å². The lowest BCUT2D eigenvalue weighted by Crippen LogP contribution is -2.21. The molecule has 1 saturated heterocycles. The van der Waals surface area contributed by atoms with Crippen LogP contribution in [-0.2, 0) is 4.74 Å². The minimum absolute atomic E-state index is 0.250. The number of furan rings is 1. The summed E-state index contributed by atoms with van der Waals surface area (Å²) in [7, 11) is 0. The second-order valence-electron chi connectivity index (χ2n) is 5.08. The van der Waals surface area contributed by atoms with E-state index < -0.39 is 6.10 Å². The highest BCUT2D eigenvalue weighted by Gasteiger charge is 2.26. The predicted octanol–water partition coefficient (Wildman–Crippen LogP) is 3.20. The zero-order chi connectivity index (χ0) is 12.5. The molecule has 1 fully saturated rings. The lowest BCUT2D eigenvalue weighted by molar-refractivity contribution is -0.000485. The summed E-state index contributed by atoms with van der Waals surface area (Å²) in [5, 5.41) is 11.4. The minimum atomic E-state index is -0.512. The highest BCUT2D eigenvalue weighted by Crippen LogP contribution is 2.33. The van der Waals surface area contributed by atoms with E-state index in [1.807, 2.05) is 18.2 Å². The Kier molecular flexibility index (Phi) is 3.10. The summed E-state index contributed by atoms with van der Waals surface area (Å²) in [6.07, 6.45) is 1.29. The standard InChI is InChI=1S/C15H18O3/c1-10-2-3-13-12(8-10)9-14(18-13)15(16)11-4-6-17-7-5-11/h2-3,8-9,11,15-16H,4-7H2,1H3. The first kappa shape index (κ1) is 11.8. The van der Waals surface area contributed by atoms with Gasteiger partial charge in [-0.3, -0.25) is 0 Å². The average molecular weight is 246 g/mol. The van der Waals surface area contributed by atoms with Gasteiger partial charge in [-0.1, -0.05) is 11.6 Å². The number of hydrogen-bond donors (Lipinski definition) is 1. The zero-order valence-corrected chi connectivity index (χ0v) is 10.6. The molecule has 1 unspecified atom stereocenters. The molecule has 1 aromatic heterocycles. The van der Waals surface area contributed by atoms with Gasteiger partial charge in [-0.2, -0.15) is 0 Å². The van der Waals surface area contributed by atoms with Crippen LogP contribution < -0.4 is 0 Å². The summed E-state index contributed by atoms with van der Waals surface area (Å²) in [5.74, 6) is 0.933. The Hall–Kier alpha value is -1.32. The number of ether oxygens (including phenoxy) is 1. The molecule has 1 aliphatic heterocycles. The summed E-state index contributed by atoms with van der Waals surface area (Å²) < 4.78 is 11.1. The van der Waals surface area contributed by atoms with Crippen molar-refractivity contribution in [2.45, 2.75) is 25.9 Å². The van der Waals surface area contributed by atoms with Crippen molar-refractivity contribution in [3.8, 4) is 0 Å². The number of benzene rings is 1. The van der Waals surface area contributed by atoms with Crippen LogP contribution in [0.25, 0.3) is 11.0 Å². The molecular weight excluding hydrogens is 228 g/mol. The number of fused-ring (bicyclic) bond motifs is 1. The van der Waals surface area contributed by atoms with Crippen LogP contribution in [0.4, 0.5) is 0 Å². The molecule has 0 aliphatic carbocycles. The highest BCUT2D eigenvalue weighted by atomic mass is 16.5. The van der Waals surface area contributed by atoms with Crippen molar-refractivity contribution in [2.24, 2.45) is 5.92 Å². The summed E-state index contributed by atoms with van der Waals surface area (Å²) in [5.41, 5.74) is 2.05. The van der Waals surface area contributed by atoms with E-state index in [0.29, 0.717) is 5.76 Å². The molecule has 0 spiro atoms. The summed E-state index contributed by atoms with van der Waals surface area (Å²) in [4.78, 5) is 0. The van der Waals surface area contributed by atoms with Gasteiger partial charge in [-0.25, -0.2) is 0 Å². The summed E-state index contributed by atoms with van der Waals surface area (Å²) in [6.45, 7) is 3.53. The molecule has 3 heteroatoms. The molecule has 18 heavy (non-hydrogen) atoms. The highest BCUT2D eigenvalue weighted by molar-refractivity contribution is 5.78. The third kappa shape index (κ3) is 2.16.